The van der Waals surface area contributed by atoms with Crippen LogP contribution in [0.1, 0.15) is 44.6 Å². The quantitative estimate of drug-likeness (QED) is 0.533. The first-order chi connectivity index (χ1) is 13.6. The molecular weight excluding hydrogens is 376 g/mol. The molecule has 2 fully saturated rings. The highest BCUT2D eigenvalue weighted by Crippen LogP contribution is 2.21. The summed E-state index contributed by atoms with van der Waals surface area (Å²) < 4.78 is 33.0. The zero-order valence-corrected chi connectivity index (χ0v) is 17.5. The van der Waals surface area contributed by atoms with Gasteiger partial charge in [0.2, 0.25) is 10.0 Å². The molecule has 0 bridgehead atoms. The van der Waals surface area contributed by atoms with Crippen molar-refractivity contribution < 1.29 is 13.2 Å². The molecule has 1 unspecified atom stereocenters. The van der Waals surface area contributed by atoms with Crippen molar-refractivity contribution in [1.82, 2.24) is 14.9 Å². The SMILES string of the molecule is CCNC(=NCc1cccc(S(=O)(=O)N2CCCCC2)c1)NCC1CCCO1. The number of rotatable bonds is 7. The van der Waals surface area contributed by atoms with Crippen molar-refractivity contribution in [3.63, 3.8) is 0 Å². The lowest BCUT2D eigenvalue weighted by Gasteiger charge is -2.26. The van der Waals surface area contributed by atoms with Crippen molar-refractivity contribution in [2.45, 2.75) is 56.6 Å². The Morgan fingerprint density at radius 2 is 2.04 bits per heavy atom. The molecule has 2 aliphatic rings. The second kappa shape index (κ2) is 10.2. The standard InChI is InChI=1S/C20H32N4O3S/c1-2-21-20(23-16-18-9-7-13-27-18)22-15-17-8-6-10-19(14-17)28(25,26)24-11-4-3-5-12-24/h6,8,10,14,18H,2-5,7,9,11-13,15-16H2,1H3,(H2,21,22,23). The number of guanidine groups is 1. The monoisotopic (exact) mass is 408 g/mol. The van der Waals surface area contributed by atoms with E-state index in [4.69, 9.17) is 4.74 Å². The minimum absolute atomic E-state index is 0.238. The molecule has 1 aromatic carbocycles. The summed E-state index contributed by atoms with van der Waals surface area (Å²) in [5, 5.41) is 6.55. The molecule has 28 heavy (non-hydrogen) atoms. The number of benzene rings is 1. The summed E-state index contributed by atoms with van der Waals surface area (Å²) in [4.78, 5) is 4.97. The first kappa shape index (κ1) is 21.1. The van der Waals surface area contributed by atoms with Gasteiger partial charge in [0.05, 0.1) is 17.5 Å². The van der Waals surface area contributed by atoms with Crippen LogP contribution in [0.2, 0.25) is 0 Å². The Hall–Kier alpha value is -1.64. The molecule has 0 amide bonds. The van der Waals surface area contributed by atoms with Crippen LogP contribution in [0.4, 0.5) is 0 Å². The summed E-state index contributed by atoms with van der Waals surface area (Å²) in [6, 6.07) is 7.14. The number of piperidine rings is 1. The van der Waals surface area contributed by atoms with Crippen LogP contribution in [0.5, 0.6) is 0 Å². The fourth-order valence-corrected chi connectivity index (χ4v) is 5.17. The largest absolute Gasteiger partial charge is 0.376 e. The first-order valence-electron chi connectivity index (χ1n) is 10.3. The number of hydrogen-bond acceptors (Lipinski definition) is 4. The number of nitrogens with one attached hydrogen (secondary N) is 2. The van der Waals surface area contributed by atoms with Gasteiger partial charge >= 0.3 is 0 Å². The number of aliphatic imine (C=N–C) groups is 1. The van der Waals surface area contributed by atoms with Gasteiger partial charge in [0.15, 0.2) is 5.96 Å². The molecule has 0 spiro atoms. The van der Waals surface area contributed by atoms with Gasteiger partial charge in [-0.3, -0.25) is 0 Å². The Bertz CT molecular complexity index is 754. The van der Waals surface area contributed by atoms with Crippen LogP contribution in [-0.4, -0.2) is 57.6 Å². The van der Waals surface area contributed by atoms with E-state index < -0.39 is 10.0 Å². The zero-order valence-electron chi connectivity index (χ0n) is 16.7. The summed E-state index contributed by atoms with van der Waals surface area (Å²) in [5.41, 5.74) is 0.882. The predicted octanol–water partition coefficient (Wildman–Crippen LogP) is 2.10. The molecule has 156 valence electrons. The third kappa shape index (κ3) is 5.68. The van der Waals surface area contributed by atoms with Gasteiger partial charge < -0.3 is 15.4 Å². The highest BCUT2D eigenvalue weighted by molar-refractivity contribution is 7.89. The van der Waals surface area contributed by atoms with Crippen molar-refractivity contribution in [2.75, 3.05) is 32.8 Å². The topological polar surface area (TPSA) is 83.0 Å². The molecule has 7 nitrogen and oxygen atoms in total. The Morgan fingerprint density at radius 3 is 2.75 bits per heavy atom. The molecule has 0 saturated carbocycles. The minimum atomic E-state index is -3.42. The van der Waals surface area contributed by atoms with Gasteiger partial charge in [0.1, 0.15) is 0 Å². The molecule has 0 aromatic heterocycles. The fraction of sp³-hybridized carbons (Fsp3) is 0.650. The average molecular weight is 409 g/mol. The van der Waals surface area contributed by atoms with E-state index >= 15 is 0 Å². The molecule has 2 heterocycles. The maximum atomic E-state index is 12.9. The Balaban J connectivity index is 1.65. The molecule has 8 heteroatoms. The molecule has 0 radical (unpaired) electrons. The summed E-state index contributed by atoms with van der Waals surface area (Å²) >= 11 is 0. The summed E-state index contributed by atoms with van der Waals surface area (Å²) in [6.07, 6.45) is 5.40. The van der Waals surface area contributed by atoms with Crippen LogP contribution in [0.3, 0.4) is 0 Å². The van der Waals surface area contributed by atoms with Gasteiger partial charge in [-0.1, -0.05) is 18.6 Å². The normalized spacial score (nSPS) is 21.6. The molecular formula is C20H32N4O3S. The third-order valence-electron chi connectivity index (χ3n) is 5.14. The van der Waals surface area contributed by atoms with Gasteiger partial charge in [0.25, 0.3) is 0 Å². The van der Waals surface area contributed by atoms with Crippen LogP contribution in [0.15, 0.2) is 34.2 Å². The highest BCUT2D eigenvalue weighted by Gasteiger charge is 2.25. The van der Waals surface area contributed by atoms with Crippen LogP contribution >= 0.6 is 0 Å². The summed E-state index contributed by atoms with van der Waals surface area (Å²) in [6.45, 7) is 6.00. The predicted molar refractivity (Wildman–Crippen MR) is 111 cm³/mol. The molecule has 3 rings (SSSR count). The van der Waals surface area contributed by atoms with E-state index in [1.807, 2.05) is 13.0 Å². The van der Waals surface area contributed by atoms with Gasteiger partial charge in [-0.2, -0.15) is 4.31 Å². The number of hydrogen-bond donors (Lipinski definition) is 2. The number of ether oxygens (including phenoxy) is 1. The van der Waals surface area contributed by atoms with Gasteiger partial charge in [-0.05, 0) is 50.3 Å². The van der Waals surface area contributed by atoms with E-state index in [1.54, 1.807) is 22.5 Å². The van der Waals surface area contributed by atoms with Crippen molar-refractivity contribution in [3.05, 3.63) is 29.8 Å². The van der Waals surface area contributed by atoms with Crippen LogP contribution in [0.25, 0.3) is 0 Å². The van der Waals surface area contributed by atoms with Gasteiger partial charge in [-0.15, -0.1) is 0 Å². The number of nitrogens with zero attached hydrogens (tertiary/aromatic N) is 2. The molecule has 1 atom stereocenters. The summed E-state index contributed by atoms with van der Waals surface area (Å²) in [5.74, 6) is 0.724. The van der Waals surface area contributed by atoms with Crippen molar-refractivity contribution in [1.29, 1.82) is 0 Å². The second-order valence-electron chi connectivity index (χ2n) is 7.32. The Morgan fingerprint density at radius 1 is 1.21 bits per heavy atom. The van der Waals surface area contributed by atoms with Crippen LogP contribution in [0, 0.1) is 0 Å². The smallest absolute Gasteiger partial charge is 0.243 e. The summed E-state index contributed by atoms with van der Waals surface area (Å²) in [7, 11) is -3.42. The van der Waals surface area contributed by atoms with E-state index in [9.17, 15) is 8.42 Å². The lowest BCUT2D eigenvalue weighted by Crippen LogP contribution is -2.41. The van der Waals surface area contributed by atoms with Crippen LogP contribution < -0.4 is 10.6 Å². The van der Waals surface area contributed by atoms with Crippen molar-refractivity contribution in [3.8, 4) is 0 Å². The van der Waals surface area contributed by atoms with Crippen molar-refractivity contribution >= 4 is 16.0 Å². The first-order valence-corrected chi connectivity index (χ1v) is 11.8. The van der Waals surface area contributed by atoms with Crippen LogP contribution in [-0.2, 0) is 21.3 Å². The lowest BCUT2D eigenvalue weighted by atomic mass is 10.2. The Labute approximate surface area is 168 Å². The minimum Gasteiger partial charge on any atom is -0.376 e. The lowest BCUT2D eigenvalue weighted by molar-refractivity contribution is 0.114. The molecule has 2 N–H and O–H groups in total. The molecule has 2 saturated heterocycles. The molecule has 1 aromatic rings. The molecule has 2 aliphatic heterocycles. The van der Waals surface area contributed by atoms with E-state index in [0.717, 1.165) is 63.3 Å². The van der Waals surface area contributed by atoms with E-state index in [-0.39, 0.29) is 6.10 Å². The van der Waals surface area contributed by atoms with E-state index in [1.165, 1.54) is 0 Å². The average Bonchev–Trinajstić information content (AvgIpc) is 3.24. The third-order valence-corrected chi connectivity index (χ3v) is 7.03. The van der Waals surface area contributed by atoms with Gasteiger partial charge in [0, 0.05) is 32.8 Å². The fourth-order valence-electron chi connectivity index (χ4n) is 3.59. The van der Waals surface area contributed by atoms with Crippen molar-refractivity contribution in [2.24, 2.45) is 4.99 Å². The number of sulfonamides is 1. The van der Waals surface area contributed by atoms with E-state index in [0.29, 0.717) is 24.5 Å². The molecule has 0 aliphatic carbocycles. The second-order valence-corrected chi connectivity index (χ2v) is 9.26. The van der Waals surface area contributed by atoms with Gasteiger partial charge in [-0.25, -0.2) is 13.4 Å². The maximum absolute atomic E-state index is 12.9. The zero-order chi connectivity index (χ0) is 19.8. The maximum Gasteiger partial charge on any atom is 0.243 e. The Kier molecular flexibility index (Phi) is 7.70. The van der Waals surface area contributed by atoms with E-state index in [2.05, 4.69) is 15.6 Å². The highest BCUT2D eigenvalue weighted by atomic mass is 32.2.